The number of hydrogen-bond donors (Lipinski definition) is 2. The number of aryl methyl sites for hydroxylation is 1. The van der Waals surface area contributed by atoms with Crippen LogP contribution < -0.4 is 15.4 Å². The van der Waals surface area contributed by atoms with Crippen molar-refractivity contribution in [3.8, 4) is 11.5 Å². The van der Waals surface area contributed by atoms with Crippen LogP contribution in [0.4, 0.5) is 5.69 Å². The number of anilines is 1. The van der Waals surface area contributed by atoms with E-state index in [1.807, 2.05) is 62.4 Å². The summed E-state index contributed by atoms with van der Waals surface area (Å²) in [5.41, 5.74) is 3.12. The van der Waals surface area contributed by atoms with Crippen LogP contribution in [0.2, 0.25) is 0 Å². The molecule has 114 valence electrons. The maximum Gasteiger partial charge on any atom is 0.171 e. The van der Waals surface area contributed by atoms with Gasteiger partial charge < -0.3 is 15.4 Å². The molecular formula is C18H20N2OS. The Morgan fingerprint density at radius 1 is 1.14 bits per heavy atom. The quantitative estimate of drug-likeness (QED) is 0.622. The Balaban J connectivity index is 1.92. The molecule has 3 nitrogen and oxygen atoms in total. The van der Waals surface area contributed by atoms with Crippen LogP contribution in [0.25, 0.3) is 0 Å². The van der Waals surface area contributed by atoms with Gasteiger partial charge in [0.05, 0.1) is 0 Å². The van der Waals surface area contributed by atoms with Crippen LogP contribution in [0.15, 0.2) is 60.7 Å². The maximum atomic E-state index is 5.81. The van der Waals surface area contributed by atoms with Gasteiger partial charge in [0.15, 0.2) is 5.11 Å². The second kappa shape index (κ2) is 7.61. The van der Waals surface area contributed by atoms with Gasteiger partial charge in [-0.1, -0.05) is 24.3 Å². The fourth-order valence-corrected chi connectivity index (χ4v) is 2.02. The van der Waals surface area contributed by atoms with Gasteiger partial charge in [-0.3, -0.25) is 0 Å². The van der Waals surface area contributed by atoms with E-state index in [4.69, 9.17) is 17.0 Å². The first-order valence-corrected chi connectivity index (χ1v) is 7.47. The minimum Gasteiger partial charge on any atom is -0.457 e. The van der Waals surface area contributed by atoms with E-state index in [1.54, 1.807) is 0 Å². The number of benzene rings is 2. The predicted octanol–water partition coefficient (Wildman–Crippen LogP) is 4.65. The third-order valence-electron chi connectivity index (χ3n) is 2.89. The van der Waals surface area contributed by atoms with Gasteiger partial charge in [0.2, 0.25) is 0 Å². The molecule has 2 aromatic rings. The highest BCUT2D eigenvalue weighted by molar-refractivity contribution is 7.80. The van der Waals surface area contributed by atoms with Gasteiger partial charge in [-0.2, -0.15) is 0 Å². The van der Waals surface area contributed by atoms with Crippen molar-refractivity contribution in [1.82, 2.24) is 5.32 Å². The van der Waals surface area contributed by atoms with Gasteiger partial charge in [0, 0.05) is 12.2 Å². The lowest BCUT2D eigenvalue weighted by molar-refractivity contribution is 0.482. The molecule has 0 radical (unpaired) electrons. The first-order chi connectivity index (χ1) is 10.5. The molecule has 22 heavy (non-hydrogen) atoms. The average Bonchev–Trinajstić information content (AvgIpc) is 2.47. The van der Waals surface area contributed by atoms with Crippen LogP contribution in [0.5, 0.6) is 11.5 Å². The summed E-state index contributed by atoms with van der Waals surface area (Å²) in [4.78, 5) is 0. The largest absolute Gasteiger partial charge is 0.457 e. The highest BCUT2D eigenvalue weighted by atomic mass is 32.1. The molecule has 0 atom stereocenters. The van der Waals surface area contributed by atoms with Gasteiger partial charge in [0.1, 0.15) is 11.5 Å². The van der Waals surface area contributed by atoms with Crippen LogP contribution in [0.1, 0.15) is 12.5 Å². The zero-order valence-corrected chi connectivity index (χ0v) is 13.7. The summed E-state index contributed by atoms with van der Waals surface area (Å²) in [6.07, 6.45) is 0. The van der Waals surface area contributed by atoms with Crippen molar-refractivity contribution in [1.29, 1.82) is 0 Å². The molecule has 0 aliphatic rings. The monoisotopic (exact) mass is 312 g/mol. The summed E-state index contributed by atoms with van der Waals surface area (Å²) in [7, 11) is 0. The van der Waals surface area contributed by atoms with Crippen molar-refractivity contribution in [2.24, 2.45) is 0 Å². The molecule has 0 aliphatic carbocycles. The normalized spacial score (nSPS) is 9.91. The molecular weight excluding hydrogens is 292 g/mol. The van der Waals surface area contributed by atoms with Crippen molar-refractivity contribution in [3.05, 3.63) is 66.2 Å². The van der Waals surface area contributed by atoms with E-state index in [1.165, 1.54) is 5.56 Å². The molecule has 0 amide bonds. The van der Waals surface area contributed by atoms with E-state index in [0.29, 0.717) is 11.7 Å². The number of rotatable bonds is 5. The fourth-order valence-electron chi connectivity index (χ4n) is 1.83. The molecule has 4 heteroatoms. The number of nitrogens with one attached hydrogen (secondary N) is 2. The van der Waals surface area contributed by atoms with E-state index in [2.05, 4.69) is 17.2 Å². The SMILES string of the molecule is C=C(C)CNC(=S)Nc1ccc(Oc2cccc(C)c2)cc1. The van der Waals surface area contributed by atoms with E-state index in [-0.39, 0.29) is 0 Å². The van der Waals surface area contributed by atoms with Crippen LogP contribution in [-0.2, 0) is 0 Å². The lowest BCUT2D eigenvalue weighted by Crippen LogP contribution is -2.29. The molecule has 2 N–H and O–H groups in total. The summed E-state index contributed by atoms with van der Waals surface area (Å²) in [5, 5.41) is 6.78. The Labute approximate surface area is 137 Å². The van der Waals surface area contributed by atoms with Crippen LogP contribution in [0.3, 0.4) is 0 Å². The van der Waals surface area contributed by atoms with Crippen LogP contribution in [-0.4, -0.2) is 11.7 Å². The Hall–Kier alpha value is -2.33. The molecule has 0 saturated heterocycles. The van der Waals surface area contributed by atoms with Crippen LogP contribution in [0, 0.1) is 6.92 Å². The minimum atomic E-state index is 0.579. The zero-order valence-electron chi connectivity index (χ0n) is 12.8. The number of ether oxygens (including phenoxy) is 1. The second-order valence-electron chi connectivity index (χ2n) is 5.21. The first-order valence-electron chi connectivity index (χ1n) is 7.07. The van der Waals surface area contributed by atoms with Crippen molar-refractivity contribution in [3.63, 3.8) is 0 Å². The Morgan fingerprint density at radius 3 is 2.50 bits per heavy atom. The molecule has 2 rings (SSSR count). The highest BCUT2D eigenvalue weighted by Gasteiger charge is 2.00. The summed E-state index contributed by atoms with van der Waals surface area (Å²) < 4.78 is 5.81. The third-order valence-corrected chi connectivity index (χ3v) is 3.13. The topological polar surface area (TPSA) is 33.3 Å². The van der Waals surface area contributed by atoms with Gasteiger partial charge in [-0.25, -0.2) is 0 Å². The molecule has 0 aliphatic heterocycles. The Bertz CT molecular complexity index is 665. The summed E-state index contributed by atoms with van der Waals surface area (Å²) in [6, 6.07) is 15.6. The smallest absolute Gasteiger partial charge is 0.171 e. The van der Waals surface area contributed by atoms with Gasteiger partial charge in [-0.05, 0) is 68.0 Å². The maximum absolute atomic E-state index is 5.81. The Kier molecular flexibility index (Phi) is 5.55. The van der Waals surface area contributed by atoms with Crippen molar-refractivity contribution >= 4 is 23.0 Å². The van der Waals surface area contributed by atoms with Gasteiger partial charge in [-0.15, -0.1) is 0 Å². The molecule has 0 spiro atoms. The number of hydrogen-bond acceptors (Lipinski definition) is 2. The van der Waals surface area contributed by atoms with E-state index < -0.39 is 0 Å². The first kappa shape index (κ1) is 16.0. The van der Waals surface area contributed by atoms with Crippen molar-refractivity contribution in [2.45, 2.75) is 13.8 Å². The third kappa shape index (κ3) is 5.22. The molecule has 0 bridgehead atoms. The van der Waals surface area contributed by atoms with Gasteiger partial charge >= 0.3 is 0 Å². The van der Waals surface area contributed by atoms with E-state index in [0.717, 1.165) is 22.8 Å². The van der Waals surface area contributed by atoms with Crippen molar-refractivity contribution in [2.75, 3.05) is 11.9 Å². The molecule has 2 aromatic carbocycles. The lowest BCUT2D eigenvalue weighted by atomic mass is 10.2. The van der Waals surface area contributed by atoms with Crippen LogP contribution >= 0.6 is 12.2 Å². The summed E-state index contributed by atoms with van der Waals surface area (Å²) in [5.74, 6) is 1.62. The molecule has 0 aromatic heterocycles. The average molecular weight is 312 g/mol. The molecule has 0 fully saturated rings. The van der Waals surface area contributed by atoms with E-state index in [9.17, 15) is 0 Å². The highest BCUT2D eigenvalue weighted by Crippen LogP contribution is 2.23. The number of thiocarbonyl (C=S) groups is 1. The standard InChI is InChI=1S/C18H20N2OS/c1-13(2)12-19-18(22)20-15-7-9-16(10-8-15)21-17-6-4-5-14(3)11-17/h4-11H,1,12H2,2-3H3,(H2,19,20,22). The minimum absolute atomic E-state index is 0.579. The van der Waals surface area contributed by atoms with Crippen molar-refractivity contribution < 1.29 is 4.74 Å². The van der Waals surface area contributed by atoms with Gasteiger partial charge in [0.25, 0.3) is 0 Å². The second-order valence-corrected chi connectivity index (χ2v) is 5.62. The molecule has 0 saturated carbocycles. The lowest BCUT2D eigenvalue weighted by Gasteiger charge is -2.11. The molecule has 0 heterocycles. The summed E-state index contributed by atoms with van der Waals surface area (Å²) in [6.45, 7) is 8.48. The molecule has 0 unspecified atom stereocenters. The Morgan fingerprint density at radius 2 is 1.86 bits per heavy atom. The fraction of sp³-hybridized carbons (Fsp3) is 0.167. The zero-order chi connectivity index (χ0) is 15.9. The summed E-state index contributed by atoms with van der Waals surface area (Å²) >= 11 is 5.21. The predicted molar refractivity (Wildman–Crippen MR) is 96.7 cm³/mol. The van der Waals surface area contributed by atoms with E-state index >= 15 is 0 Å².